The molecule has 2 heterocycles. The smallest absolute Gasteiger partial charge is 0.132 e. The lowest BCUT2D eigenvalue weighted by molar-refractivity contribution is 0.242. The lowest BCUT2D eigenvalue weighted by Gasteiger charge is -2.10. The fourth-order valence-electron chi connectivity index (χ4n) is 2.21. The van der Waals surface area contributed by atoms with E-state index >= 15 is 0 Å². The van der Waals surface area contributed by atoms with E-state index in [1.165, 1.54) is 5.56 Å². The summed E-state index contributed by atoms with van der Waals surface area (Å²) in [6.07, 6.45) is 0.957. The predicted molar refractivity (Wildman–Crippen MR) is 69.4 cm³/mol. The largest absolute Gasteiger partial charge is 0.488 e. The summed E-state index contributed by atoms with van der Waals surface area (Å²) >= 11 is 0. The summed E-state index contributed by atoms with van der Waals surface area (Å²) in [6.45, 7) is 2.46. The summed E-state index contributed by atoms with van der Waals surface area (Å²) in [6, 6.07) is 10.0. The third-order valence-corrected chi connectivity index (χ3v) is 3.17. The Bertz CT molecular complexity index is 566. The van der Waals surface area contributed by atoms with Gasteiger partial charge in [-0.2, -0.15) is 10.2 Å². The van der Waals surface area contributed by atoms with Crippen molar-refractivity contribution >= 4 is 0 Å². The number of fused-ring (bicyclic) bond motifs is 1. The zero-order valence-corrected chi connectivity index (χ0v) is 10.3. The molecule has 4 nitrogen and oxygen atoms in total. The number of aryl methyl sites for hydroxylation is 1. The van der Waals surface area contributed by atoms with Crippen LogP contribution in [0.5, 0.6) is 5.75 Å². The number of hydrogen-bond acceptors (Lipinski definition) is 4. The van der Waals surface area contributed by atoms with E-state index in [4.69, 9.17) is 10.5 Å². The molecule has 1 aromatic carbocycles. The van der Waals surface area contributed by atoms with Gasteiger partial charge in [0, 0.05) is 18.5 Å². The van der Waals surface area contributed by atoms with Gasteiger partial charge in [0.2, 0.25) is 0 Å². The van der Waals surface area contributed by atoms with E-state index in [0.29, 0.717) is 6.54 Å². The maximum absolute atomic E-state index is 5.88. The number of aromatic nitrogens is 2. The van der Waals surface area contributed by atoms with Crippen molar-refractivity contribution in [2.45, 2.75) is 19.4 Å². The fraction of sp³-hybridized carbons (Fsp3) is 0.286. The van der Waals surface area contributed by atoms with Crippen LogP contribution in [-0.4, -0.2) is 22.8 Å². The van der Waals surface area contributed by atoms with Crippen molar-refractivity contribution in [1.82, 2.24) is 10.2 Å². The molecule has 1 aromatic heterocycles. The second-order valence-corrected chi connectivity index (χ2v) is 4.53. The topological polar surface area (TPSA) is 61.0 Å². The molecule has 0 fully saturated rings. The van der Waals surface area contributed by atoms with Gasteiger partial charge in [-0.1, -0.05) is 12.1 Å². The molecule has 92 valence electrons. The summed E-state index contributed by atoms with van der Waals surface area (Å²) < 4.78 is 5.88. The van der Waals surface area contributed by atoms with Crippen molar-refractivity contribution in [2.75, 3.05) is 6.54 Å². The number of ether oxygens (including phenoxy) is 1. The molecule has 0 amide bonds. The van der Waals surface area contributed by atoms with Gasteiger partial charge in [0.1, 0.15) is 11.9 Å². The van der Waals surface area contributed by atoms with Crippen LogP contribution in [0.15, 0.2) is 30.3 Å². The van der Waals surface area contributed by atoms with Crippen LogP contribution >= 0.6 is 0 Å². The zero-order chi connectivity index (χ0) is 12.5. The Labute approximate surface area is 106 Å². The van der Waals surface area contributed by atoms with Crippen LogP contribution in [0.1, 0.15) is 11.3 Å². The van der Waals surface area contributed by atoms with Crippen LogP contribution in [0.25, 0.3) is 11.3 Å². The average molecular weight is 241 g/mol. The van der Waals surface area contributed by atoms with Crippen LogP contribution in [0.4, 0.5) is 0 Å². The van der Waals surface area contributed by atoms with Gasteiger partial charge in [-0.25, -0.2) is 0 Å². The van der Waals surface area contributed by atoms with Gasteiger partial charge in [-0.3, -0.25) is 0 Å². The number of para-hydroxylation sites is 1. The van der Waals surface area contributed by atoms with Gasteiger partial charge in [-0.15, -0.1) is 0 Å². The zero-order valence-electron chi connectivity index (χ0n) is 10.3. The van der Waals surface area contributed by atoms with E-state index in [9.17, 15) is 0 Å². The molecular formula is C14H15N3O. The minimum atomic E-state index is 0.0829. The van der Waals surface area contributed by atoms with Gasteiger partial charge < -0.3 is 10.5 Å². The van der Waals surface area contributed by atoms with Gasteiger partial charge >= 0.3 is 0 Å². The molecule has 1 aliphatic heterocycles. The minimum absolute atomic E-state index is 0.0829. The van der Waals surface area contributed by atoms with Crippen molar-refractivity contribution in [3.8, 4) is 17.0 Å². The molecule has 2 aromatic rings. The minimum Gasteiger partial charge on any atom is -0.488 e. The highest BCUT2D eigenvalue weighted by molar-refractivity contribution is 5.69. The maximum atomic E-state index is 5.88. The number of nitrogens with zero attached hydrogens (tertiary/aromatic N) is 2. The Hall–Kier alpha value is -1.94. The molecule has 0 saturated carbocycles. The van der Waals surface area contributed by atoms with E-state index in [1.54, 1.807) is 0 Å². The van der Waals surface area contributed by atoms with Crippen molar-refractivity contribution < 1.29 is 4.74 Å². The van der Waals surface area contributed by atoms with E-state index < -0.39 is 0 Å². The van der Waals surface area contributed by atoms with Crippen molar-refractivity contribution in [2.24, 2.45) is 5.73 Å². The highest BCUT2D eigenvalue weighted by Gasteiger charge is 2.24. The summed E-state index contributed by atoms with van der Waals surface area (Å²) in [5, 5.41) is 8.31. The molecule has 1 unspecified atom stereocenters. The Morgan fingerprint density at radius 2 is 2.17 bits per heavy atom. The number of benzene rings is 1. The lowest BCUT2D eigenvalue weighted by Crippen LogP contribution is -2.24. The van der Waals surface area contributed by atoms with Gasteiger partial charge in [0.25, 0.3) is 0 Å². The third kappa shape index (κ3) is 1.84. The standard InChI is InChI=1S/C14H15N3O/c1-9-5-6-13(17-16-9)12-4-2-3-10-7-11(8-15)18-14(10)12/h2-6,11H,7-8,15H2,1H3. The Balaban J connectivity index is 2.05. The van der Waals surface area contributed by atoms with E-state index in [-0.39, 0.29) is 6.10 Å². The molecule has 18 heavy (non-hydrogen) atoms. The van der Waals surface area contributed by atoms with Crippen LogP contribution in [-0.2, 0) is 6.42 Å². The van der Waals surface area contributed by atoms with Crippen LogP contribution in [0.3, 0.4) is 0 Å². The highest BCUT2D eigenvalue weighted by atomic mass is 16.5. The maximum Gasteiger partial charge on any atom is 0.132 e. The summed E-state index contributed by atoms with van der Waals surface area (Å²) in [7, 11) is 0. The second kappa shape index (κ2) is 4.38. The summed E-state index contributed by atoms with van der Waals surface area (Å²) in [4.78, 5) is 0. The fourth-order valence-corrected chi connectivity index (χ4v) is 2.21. The molecule has 0 radical (unpaired) electrons. The summed E-state index contributed by atoms with van der Waals surface area (Å²) in [5.74, 6) is 0.908. The molecule has 2 N–H and O–H groups in total. The lowest BCUT2D eigenvalue weighted by atomic mass is 10.0. The molecule has 0 bridgehead atoms. The first-order valence-electron chi connectivity index (χ1n) is 6.07. The summed E-state index contributed by atoms with van der Waals surface area (Å²) in [5.41, 5.74) is 9.62. The first-order valence-corrected chi connectivity index (χ1v) is 6.07. The molecule has 0 aliphatic carbocycles. The van der Waals surface area contributed by atoms with Gasteiger partial charge in [-0.05, 0) is 30.7 Å². The van der Waals surface area contributed by atoms with Crippen LogP contribution in [0.2, 0.25) is 0 Å². The average Bonchev–Trinajstić information content (AvgIpc) is 2.82. The van der Waals surface area contributed by atoms with Crippen molar-refractivity contribution in [3.63, 3.8) is 0 Å². The number of hydrogen-bond donors (Lipinski definition) is 1. The first kappa shape index (κ1) is 11.2. The molecular weight excluding hydrogens is 226 g/mol. The normalized spacial score (nSPS) is 17.3. The third-order valence-electron chi connectivity index (χ3n) is 3.17. The molecule has 0 spiro atoms. The quantitative estimate of drug-likeness (QED) is 0.869. The van der Waals surface area contributed by atoms with Crippen LogP contribution < -0.4 is 10.5 Å². The van der Waals surface area contributed by atoms with Gasteiger partial charge in [0.15, 0.2) is 0 Å². The molecule has 4 heteroatoms. The van der Waals surface area contributed by atoms with Crippen molar-refractivity contribution in [3.05, 3.63) is 41.6 Å². The number of nitrogens with two attached hydrogens (primary N) is 1. The highest BCUT2D eigenvalue weighted by Crippen LogP contribution is 2.37. The van der Waals surface area contributed by atoms with Crippen LogP contribution in [0, 0.1) is 6.92 Å². The molecule has 1 aliphatic rings. The van der Waals surface area contributed by atoms with E-state index in [2.05, 4.69) is 16.3 Å². The number of rotatable bonds is 2. The SMILES string of the molecule is Cc1ccc(-c2cccc3c2OC(CN)C3)nn1. The Morgan fingerprint density at radius 3 is 2.89 bits per heavy atom. The van der Waals surface area contributed by atoms with E-state index in [0.717, 1.165) is 29.1 Å². The molecule has 1 atom stereocenters. The monoisotopic (exact) mass is 241 g/mol. The first-order chi connectivity index (χ1) is 8.78. The predicted octanol–water partition coefficient (Wildman–Crippen LogP) is 1.71. The van der Waals surface area contributed by atoms with Crippen molar-refractivity contribution in [1.29, 1.82) is 0 Å². The van der Waals surface area contributed by atoms with Gasteiger partial charge in [0.05, 0.1) is 11.4 Å². The molecule has 3 rings (SSSR count). The van der Waals surface area contributed by atoms with E-state index in [1.807, 2.05) is 31.2 Å². The Kier molecular flexibility index (Phi) is 2.72. The Morgan fingerprint density at radius 1 is 1.28 bits per heavy atom. The molecule has 0 saturated heterocycles. The second-order valence-electron chi connectivity index (χ2n) is 4.53.